The molecular formula is C24H18F4N8. The monoisotopic (exact) mass is 494 g/mol. The Balaban J connectivity index is 1.80. The number of nitrogens with two attached hydrogens (primary N) is 1. The third-order valence-electron chi connectivity index (χ3n) is 5.69. The van der Waals surface area contributed by atoms with Crippen molar-refractivity contribution in [3.63, 3.8) is 0 Å². The fraction of sp³-hybridized carbons (Fsp3) is 0.167. The van der Waals surface area contributed by atoms with Crippen molar-refractivity contribution in [2.75, 3.05) is 6.54 Å². The van der Waals surface area contributed by atoms with Crippen LogP contribution in [0.1, 0.15) is 41.2 Å². The number of nitrogens with one attached hydrogen (secondary N) is 2. The van der Waals surface area contributed by atoms with Crippen LogP contribution < -0.4 is 5.73 Å². The molecule has 12 heteroatoms. The molecule has 4 N–H and O–H groups in total. The largest absolute Gasteiger partial charge is 0.451 e. The Labute approximate surface area is 202 Å². The number of benzene rings is 1. The smallest absolute Gasteiger partial charge is 0.382 e. The number of allylic oxidation sites excluding steroid dienone is 1. The zero-order valence-corrected chi connectivity index (χ0v) is 18.7. The first kappa shape index (κ1) is 24.5. The Morgan fingerprint density at radius 1 is 1.28 bits per heavy atom. The van der Waals surface area contributed by atoms with Gasteiger partial charge in [-0.3, -0.25) is 10.4 Å². The molecule has 36 heavy (non-hydrogen) atoms. The number of amidine groups is 1. The van der Waals surface area contributed by atoms with Crippen molar-refractivity contribution in [1.82, 2.24) is 15.0 Å². The van der Waals surface area contributed by atoms with Crippen molar-refractivity contribution in [2.24, 2.45) is 15.7 Å². The molecule has 182 valence electrons. The van der Waals surface area contributed by atoms with Gasteiger partial charge in [0.15, 0.2) is 0 Å². The van der Waals surface area contributed by atoms with Gasteiger partial charge in [0.25, 0.3) is 0 Å². The molecule has 0 radical (unpaired) electrons. The summed E-state index contributed by atoms with van der Waals surface area (Å²) in [6, 6.07) is 8.31. The van der Waals surface area contributed by atoms with Crippen LogP contribution in [-0.2, 0) is 6.18 Å². The Hall–Kier alpha value is -4.66. The summed E-state index contributed by atoms with van der Waals surface area (Å²) >= 11 is 0. The molecule has 1 aromatic carbocycles. The van der Waals surface area contributed by atoms with E-state index in [-0.39, 0.29) is 34.8 Å². The summed E-state index contributed by atoms with van der Waals surface area (Å²) in [4.78, 5) is 18.0. The second kappa shape index (κ2) is 9.53. The fourth-order valence-corrected chi connectivity index (χ4v) is 3.90. The van der Waals surface area contributed by atoms with Gasteiger partial charge >= 0.3 is 6.18 Å². The van der Waals surface area contributed by atoms with Gasteiger partial charge in [-0.15, -0.1) is 0 Å². The molecule has 1 unspecified atom stereocenters. The van der Waals surface area contributed by atoms with Crippen molar-refractivity contribution < 1.29 is 17.6 Å². The molecule has 1 atom stereocenters. The van der Waals surface area contributed by atoms with Crippen molar-refractivity contribution >= 4 is 17.9 Å². The van der Waals surface area contributed by atoms with Crippen LogP contribution in [0.5, 0.6) is 0 Å². The minimum atomic E-state index is -4.73. The maximum Gasteiger partial charge on any atom is 0.451 e. The number of H-pyrrole nitrogens is 1. The number of nitrogens with zero attached hydrogens (tertiary/aromatic N) is 5. The van der Waals surface area contributed by atoms with Gasteiger partial charge in [0.2, 0.25) is 5.82 Å². The van der Waals surface area contributed by atoms with Gasteiger partial charge in [-0.1, -0.05) is 19.1 Å². The lowest BCUT2D eigenvalue weighted by Gasteiger charge is -2.11. The van der Waals surface area contributed by atoms with Crippen LogP contribution >= 0.6 is 0 Å². The quantitative estimate of drug-likeness (QED) is 0.266. The summed E-state index contributed by atoms with van der Waals surface area (Å²) < 4.78 is 53.1. The maximum absolute atomic E-state index is 14.2. The first-order chi connectivity index (χ1) is 17.2. The third kappa shape index (κ3) is 4.50. The number of hydrogen-bond acceptors (Lipinski definition) is 5. The van der Waals surface area contributed by atoms with E-state index >= 15 is 0 Å². The molecule has 3 aromatic rings. The molecule has 0 saturated carbocycles. The zero-order valence-electron chi connectivity index (χ0n) is 18.7. The average molecular weight is 494 g/mol. The van der Waals surface area contributed by atoms with Gasteiger partial charge in [0.05, 0.1) is 23.5 Å². The number of rotatable bonds is 6. The molecule has 0 spiro atoms. The number of alkyl halides is 3. The van der Waals surface area contributed by atoms with Gasteiger partial charge in [-0.05, 0) is 23.8 Å². The van der Waals surface area contributed by atoms with Gasteiger partial charge in [-0.2, -0.15) is 18.4 Å². The molecule has 2 aromatic heterocycles. The first-order valence-corrected chi connectivity index (χ1v) is 10.5. The van der Waals surface area contributed by atoms with Crippen LogP contribution in [0, 0.1) is 22.6 Å². The van der Waals surface area contributed by atoms with Crippen LogP contribution in [0.4, 0.5) is 17.6 Å². The predicted octanol–water partition coefficient (Wildman–Crippen LogP) is 4.35. The SMILES string of the molecule is CC(C1=CC(c2ccccc2F)=NC1)c1[nH]c(/C(N)=N\C=N)c(-c2cnc(C(F)(F)F)nc2)c1C#N. The van der Waals surface area contributed by atoms with E-state index in [1.165, 1.54) is 6.07 Å². The van der Waals surface area contributed by atoms with E-state index in [2.05, 4.69) is 31.0 Å². The minimum Gasteiger partial charge on any atom is -0.382 e. The summed E-state index contributed by atoms with van der Waals surface area (Å²) in [5.74, 6) is -2.33. The summed E-state index contributed by atoms with van der Waals surface area (Å²) in [5.41, 5.74) is 8.49. The van der Waals surface area contributed by atoms with E-state index < -0.39 is 23.7 Å². The highest BCUT2D eigenvalue weighted by Gasteiger charge is 2.35. The van der Waals surface area contributed by atoms with E-state index in [4.69, 9.17) is 11.1 Å². The Bertz CT molecular complexity index is 1460. The summed E-state index contributed by atoms with van der Waals surface area (Å²) in [5, 5.41) is 17.2. The minimum absolute atomic E-state index is 0.101. The standard InChI is InChI=1S/C24H18F4N8/c1-12(13-6-18(32-8-13)15-4-2-3-5-17(15)25)20-16(7-29)19(21(36-20)22(31)35-11-30)14-9-33-23(34-10-14)24(26,27)28/h2-6,9-12,36H,8H2,1H3,(H3,30,31,35). The molecule has 3 heterocycles. The predicted molar refractivity (Wildman–Crippen MR) is 125 cm³/mol. The summed E-state index contributed by atoms with van der Waals surface area (Å²) in [7, 11) is 0. The Morgan fingerprint density at radius 2 is 1.97 bits per heavy atom. The number of hydrogen-bond donors (Lipinski definition) is 3. The lowest BCUT2D eigenvalue weighted by atomic mass is 9.92. The summed E-state index contributed by atoms with van der Waals surface area (Å²) in [6.45, 7) is 2.06. The van der Waals surface area contributed by atoms with Gasteiger partial charge < -0.3 is 10.7 Å². The van der Waals surface area contributed by atoms with Crippen LogP contribution in [0.3, 0.4) is 0 Å². The second-order valence-electron chi connectivity index (χ2n) is 7.83. The lowest BCUT2D eigenvalue weighted by molar-refractivity contribution is -0.144. The van der Waals surface area contributed by atoms with E-state index in [1.54, 1.807) is 31.2 Å². The Morgan fingerprint density at radius 3 is 2.58 bits per heavy atom. The van der Waals surface area contributed by atoms with Crippen LogP contribution in [-0.4, -0.2) is 39.4 Å². The van der Waals surface area contributed by atoms with Crippen LogP contribution in [0.2, 0.25) is 0 Å². The van der Waals surface area contributed by atoms with Crippen molar-refractivity contribution in [3.8, 4) is 17.2 Å². The normalized spacial score (nSPS) is 14.7. The van der Waals surface area contributed by atoms with Crippen molar-refractivity contribution in [1.29, 1.82) is 10.7 Å². The molecule has 1 aliphatic rings. The maximum atomic E-state index is 14.2. The number of halogens is 4. The second-order valence-corrected chi connectivity index (χ2v) is 7.83. The lowest BCUT2D eigenvalue weighted by Crippen LogP contribution is -2.16. The zero-order chi connectivity index (χ0) is 26.0. The highest BCUT2D eigenvalue weighted by Crippen LogP contribution is 2.37. The Kier molecular flexibility index (Phi) is 6.48. The van der Waals surface area contributed by atoms with E-state index in [9.17, 15) is 22.8 Å². The van der Waals surface area contributed by atoms with Gasteiger partial charge in [0.1, 0.15) is 24.1 Å². The third-order valence-corrected chi connectivity index (χ3v) is 5.69. The van der Waals surface area contributed by atoms with Gasteiger partial charge in [-0.25, -0.2) is 19.4 Å². The number of aromatic nitrogens is 3. The van der Waals surface area contributed by atoms with Crippen molar-refractivity contribution in [3.05, 3.63) is 82.5 Å². The molecule has 8 nitrogen and oxygen atoms in total. The molecule has 0 fully saturated rings. The van der Waals surface area contributed by atoms with Crippen LogP contribution in [0.25, 0.3) is 11.1 Å². The molecule has 0 aliphatic carbocycles. The molecule has 0 saturated heterocycles. The highest BCUT2D eigenvalue weighted by molar-refractivity contribution is 6.11. The van der Waals surface area contributed by atoms with E-state index in [1.807, 2.05) is 0 Å². The molecule has 4 rings (SSSR count). The number of aromatic amines is 1. The van der Waals surface area contributed by atoms with Crippen LogP contribution in [0.15, 0.2) is 58.3 Å². The topological polar surface area (TPSA) is 140 Å². The first-order valence-electron chi connectivity index (χ1n) is 10.5. The molecular weight excluding hydrogens is 476 g/mol. The highest BCUT2D eigenvalue weighted by atomic mass is 19.4. The molecule has 1 aliphatic heterocycles. The number of aliphatic imine (C=N–C) groups is 2. The van der Waals surface area contributed by atoms with E-state index in [0.29, 0.717) is 23.3 Å². The molecule has 0 amide bonds. The fourth-order valence-electron chi connectivity index (χ4n) is 3.90. The van der Waals surface area contributed by atoms with Gasteiger partial charge in [0, 0.05) is 40.7 Å². The number of nitriles is 1. The summed E-state index contributed by atoms with van der Waals surface area (Å²) in [6.07, 6.45) is -0.400. The van der Waals surface area contributed by atoms with E-state index in [0.717, 1.165) is 18.0 Å². The van der Waals surface area contributed by atoms with Crippen molar-refractivity contribution in [2.45, 2.75) is 19.0 Å². The molecule has 0 bridgehead atoms. The average Bonchev–Trinajstić information content (AvgIpc) is 3.49.